The van der Waals surface area contributed by atoms with E-state index in [0.29, 0.717) is 12.1 Å². The van der Waals surface area contributed by atoms with Crippen molar-refractivity contribution in [3.63, 3.8) is 0 Å². The molecule has 1 aromatic carbocycles. The first-order valence-electron chi connectivity index (χ1n) is 6.28. The van der Waals surface area contributed by atoms with Gasteiger partial charge < -0.3 is 15.1 Å². The summed E-state index contributed by atoms with van der Waals surface area (Å²) in [6.07, 6.45) is 3.58. The van der Waals surface area contributed by atoms with Crippen LogP contribution >= 0.6 is 0 Å². The molecular weight excluding hydrogens is 228 g/mol. The second-order valence-corrected chi connectivity index (χ2v) is 4.68. The SMILES string of the molecule is NCC1CCCN1C(=O)c1coc2ccccc12. The van der Waals surface area contributed by atoms with Gasteiger partial charge in [-0.25, -0.2) is 0 Å². The number of carbonyl (C=O) groups is 1. The van der Waals surface area contributed by atoms with Gasteiger partial charge in [0.2, 0.25) is 0 Å². The number of para-hydroxylation sites is 1. The minimum atomic E-state index is 0.0351. The van der Waals surface area contributed by atoms with Gasteiger partial charge in [-0.3, -0.25) is 4.79 Å². The third kappa shape index (κ3) is 1.69. The molecule has 1 saturated heterocycles. The Bertz CT molecular complexity index is 576. The fourth-order valence-corrected chi connectivity index (χ4v) is 2.65. The second kappa shape index (κ2) is 4.46. The summed E-state index contributed by atoms with van der Waals surface area (Å²) in [5, 5.41) is 0.880. The summed E-state index contributed by atoms with van der Waals surface area (Å²) in [6.45, 7) is 1.32. The van der Waals surface area contributed by atoms with Crippen LogP contribution in [0.2, 0.25) is 0 Å². The molecule has 0 aliphatic carbocycles. The number of carbonyl (C=O) groups excluding carboxylic acids is 1. The highest BCUT2D eigenvalue weighted by Gasteiger charge is 2.29. The highest BCUT2D eigenvalue weighted by atomic mass is 16.3. The molecule has 1 amide bonds. The number of benzene rings is 1. The van der Waals surface area contributed by atoms with Gasteiger partial charge in [0.15, 0.2) is 0 Å². The summed E-state index contributed by atoms with van der Waals surface area (Å²) in [5.74, 6) is 0.0351. The second-order valence-electron chi connectivity index (χ2n) is 4.68. The van der Waals surface area contributed by atoms with Crippen molar-refractivity contribution in [3.8, 4) is 0 Å². The van der Waals surface area contributed by atoms with Gasteiger partial charge in [-0.15, -0.1) is 0 Å². The van der Waals surface area contributed by atoms with Crippen molar-refractivity contribution >= 4 is 16.9 Å². The molecule has 1 aliphatic heterocycles. The molecule has 2 heterocycles. The van der Waals surface area contributed by atoms with Crippen LogP contribution in [0, 0.1) is 0 Å². The maximum absolute atomic E-state index is 12.5. The third-order valence-corrected chi connectivity index (χ3v) is 3.62. The predicted octanol–water partition coefficient (Wildman–Crippen LogP) is 2.00. The number of amides is 1. The van der Waals surface area contributed by atoms with Crippen LogP contribution in [-0.4, -0.2) is 29.9 Å². The first kappa shape index (κ1) is 11.3. The van der Waals surface area contributed by atoms with E-state index in [1.807, 2.05) is 29.2 Å². The van der Waals surface area contributed by atoms with E-state index in [0.717, 1.165) is 30.4 Å². The number of likely N-dealkylation sites (tertiary alicyclic amines) is 1. The average Bonchev–Trinajstić information content (AvgIpc) is 3.04. The van der Waals surface area contributed by atoms with Crippen LogP contribution in [0.4, 0.5) is 0 Å². The molecule has 4 heteroatoms. The molecule has 1 atom stereocenters. The molecule has 0 bridgehead atoms. The van der Waals surface area contributed by atoms with E-state index in [9.17, 15) is 4.79 Å². The maximum atomic E-state index is 12.5. The van der Waals surface area contributed by atoms with Crippen LogP contribution in [0.15, 0.2) is 34.9 Å². The summed E-state index contributed by atoms with van der Waals surface area (Å²) >= 11 is 0. The molecule has 4 nitrogen and oxygen atoms in total. The smallest absolute Gasteiger partial charge is 0.258 e. The summed E-state index contributed by atoms with van der Waals surface area (Å²) in [4.78, 5) is 14.4. The number of nitrogens with two attached hydrogens (primary N) is 1. The van der Waals surface area contributed by atoms with Gasteiger partial charge in [-0.2, -0.15) is 0 Å². The van der Waals surface area contributed by atoms with E-state index in [4.69, 9.17) is 10.2 Å². The summed E-state index contributed by atoms with van der Waals surface area (Å²) < 4.78 is 5.42. The van der Waals surface area contributed by atoms with Gasteiger partial charge in [0.1, 0.15) is 11.8 Å². The predicted molar refractivity (Wildman–Crippen MR) is 69.3 cm³/mol. The molecule has 1 aromatic heterocycles. The molecule has 1 aliphatic rings. The number of furan rings is 1. The average molecular weight is 244 g/mol. The molecule has 0 spiro atoms. The largest absolute Gasteiger partial charge is 0.463 e. The number of rotatable bonds is 2. The fourth-order valence-electron chi connectivity index (χ4n) is 2.65. The third-order valence-electron chi connectivity index (χ3n) is 3.62. The van der Waals surface area contributed by atoms with Crippen molar-refractivity contribution in [1.82, 2.24) is 4.90 Å². The number of hydrogen-bond acceptors (Lipinski definition) is 3. The number of fused-ring (bicyclic) bond motifs is 1. The van der Waals surface area contributed by atoms with Crippen molar-refractivity contribution in [2.24, 2.45) is 5.73 Å². The van der Waals surface area contributed by atoms with E-state index >= 15 is 0 Å². The lowest BCUT2D eigenvalue weighted by atomic mass is 10.1. The van der Waals surface area contributed by atoms with Crippen molar-refractivity contribution in [3.05, 3.63) is 36.1 Å². The Kier molecular flexibility index (Phi) is 2.80. The van der Waals surface area contributed by atoms with Gasteiger partial charge in [-0.05, 0) is 18.9 Å². The Hall–Kier alpha value is -1.81. The minimum Gasteiger partial charge on any atom is -0.463 e. The molecule has 3 rings (SSSR count). The highest BCUT2D eigenvalue weighted by molar-refractivity contribution is 6.06. The molecule has 18 heavy (non-hydrogen) atoms. The van der Waals surface area contributed by atoms with Crippen molar-refractivity contribution in [2.45, 2.75) is 18.9 Å². The number of nitrogens with zero attached hydrogens (tertiary/aromatic N) is 1. The van der Waals surface area contributed by atoms with Crippen molar-refractivity contribution in [1.29, 1.82) is 0 Å². The first-order chi connectivity index (χ1) is 8.81. The van der Waals surface area contributed by atoms with Gasteiger partial charge in [0.25, 0.3) is 5.91 Å². The van der Waals surface area contributed by atoms with Gasteiger partial charge in [0.05, 0.1) is 5.56 Å². The monoisotopic (exact) mass is 244 g/mol. The van der Waals surface area contributed by atoms with Crippen LogP contribution in [0.1, 0.15) is 23.2 Å². The van der Waals surface area contributed by atoms with Crippen molar-refractivity contribution < 1.29 is 9.21 Å². The summed E-state index contributed by atoms with van der Waals surface area (Å²) in [7, 11) is 0. The first-order valence-corrected chi connectivity index (χ1v) is 6.28. The molecule has 2 aromatic rings. The minimum absolute atomic E-state index is 0.0351. The lowest BCUT2D eigenvalue weighted by Gasteiger charge is -2.22. The maximum Gasteiger partial charge on any atom is 0.258 e. The molecule has 0 radical (unpaired) electrons. The quantitative estimate of drug-likeness (QED) is 0.879. The van der Waals surface area contributed by atoms with E-state index in [-0.39, 0.29) is 11.9 Å². The van der Waals surface area contributed by atoms with Crippen molar-refractivity contribution in [2.75, 3.05) is 13.1 Å². The normalized spacial score (nSPS) is 19.6. The molecule has 1 unspecified atom stereocenters. The summed E-state index contributed by atoms with van der Waals surface area (Å²) in [5.41, 5.74) is 7.11. The van der Waals surface area contributed by atoms with Gasteiger partial charge in [0, 0.05) is 24.5 Å². The van der Waals surface area contributed by atoms with E-state index in [1.54, 1.807) is 6.26 Å². The molecule has 2 N–H and O–H groups in total. The Morgan fingerprint density at radius 3 is 3.11 bits per heavy atom. The van der Waals surface area contributed by atoms with Crippen LogP contribution in [0.3, 0.4) is 0 Å². The van der Waals surface area contributed by atoms with Gasteiger partial charge in [-0.1, -0.05) is 18.2 Å². The molecule has 1 fully saturated rings. The van der Waals surface area contributed by atoms with E-state index < -0.39 is 0 Å². The van der Waals surface area contributed by atoms with E-state index in [2.05, 4.69) is 0 Å². The lowest BCUT2D eigenvalue weighted by molar-refractivity contribution is 0.0742. The van der Waals surface area contributed by atoms with Crippen LogP contribution in [0.5, 0.6) is 0 Å². The van der Waals surface area contributed by atoms with Crippen LogP contribution in [-0.2, 0) is 0 Å². The number of hydrogen-bond donors (Lipinski definition) is 1. The zero-order valence-corrected chi connectivity index (χ0v) is 10.1. The Balaban J connectivity index is 1.97. The molecule has 0 saturated carbocycles. The molecular formula is C14H16N2O2. The lowest BCUT2D eigenvalue weighted by Crippen LogP contribution is -2.39. The van der Waals surface area contributed by atoms with Crippen LogP contribution in [0.25, 0.3) is 11.0 Å². The standard InChI is InChI=1S/C14H16N2O2/c15-8-10-4-3-7-16(10)14(17)12-9-18-13-6-2-1-5-11(12)13/h1-2,5-6,9-10H,3-4,7-8,15H2. The van der Waals surface area contributed by atoms with Gasteiger partial charge >= 0.3 is 0 Å². The zero-order chi connectivity index (χ0) is 12.5. The Labute approximate surface area is 105 Å². The van der Waals surface area contributed by atoms with Crippen LogP contribution < -0.4 is 5.73 Å². The highest BCUT2D eigenvalue weighted by Crippen LogP contribution is 2.25. The topological polar surface area (TPSA) is 59.5 Å². The molecule has 94 valence electrons. The fraction of sp³-hybridized carbons (Fsp3) is 0.357. The summed E-state index contributed by atoms with van der Waals surface area (Å²) in [6, 6.07) is 7.78. The zero-order valence-electron chi connectivity index (χ0n) is 10.1. The van der Waals surface area contributed by atoms with E-state index in [1.165, 1.54) is 0 Å². The Morgan fingerprint density at radius 2 is 2.28 bits per heavy atom. The Morgan fingerprint density at radius 1 is 1.44 bits per heavy atom.